The van der Waals surface area contributed by atoms with E-state index in [9.17, 15) is 0 Å². The quantitative estimate of drug-likeness (QED) is 0.517. The molecule has 10 heavy (non-hydrogen) atoms. The number of aromatic nitrogens is 1. The minimum Gasteiger partial charge on any atom is -0.256 e. The van der Waals surface area contributed by atoms with Gasteiger partial charge in [0.15, 0.2) is 5.71 Å². The minimum atomic E-state index is 0.737. The molecule has 1 heterocycles. The Labute approximate surface area is 67.9 Å². The SMILES string of the molecule is CC(=[NH2+])c1cccc(Br)n1. The zero-order valence-corrected chi connectivity index (χ0v) is 7.22. The molecule has 0 fully saturated rings. The van der Waals surface area contributed by atoms with Crippen LogP contribution < -0.4 is 5.41 Å². The van der Waals surface area contributed by atoms with Crippen molar-refractivity contribution in [2.24, 2.45) is 0 Å². The Balaban J connectivity index is 3.07. The number of hydrogen-bond donors (Lipinski definition) is 1. The molecule has 1 aromatic heterocycles. The first-order chi connectivity index (χ1) is 4.70. The van der Waals surface area contributed by atoms with Crippen molar-refractivity contribution in [3.05, 3.63) is 28.5 Å². The highest BCUT2D eigenvalue weighted by molar-refractivity contribution is 9.10. The second-order valence-electron chi connectivity index (χ2n) is 2.03. The Hall–Kier alpha value is -0.700. The highest BCUT2D eigenvalue weighted by Crippen LogP contribution is 2.05. The van der Waals surface area contributed by atoms with E-state index in [1.807, 2.05) is 25.1 Å². The zero-order chi connectivity index (χ0) is 7.56. The molecule has 2 N–H and O–H groups in total. The highest BCUT2D eigenvalue weighted by atomic mass is 79.9. The maximum Gasteiger partial charge on any atom is 0.195 e. The van der Waals surface area contributed by atoms with Gasteiger partial charge in [-0.15, -0.1) is 0 Å². The van der Waals surface area contributed by atoms with Gasteiger partial charge in [0.05, 0.1) is 0 Å². The monoisotopic (exact) mass is 199 g/mol. The summed E-state index contributed by atoms with van der Waals surface area (Å²) in [5.41, 5.74) is 1.57. The van der Waals surface area contributed by atoms with Crippen molar-refractivity contribution in [1.82, 2.24) is 4.98 Å². The molecule has 0 atom stereocenters. The van der Waals surface area contributed by atoms with Crippen LogP contribution in [0.2, 0.25) is 0 Å². The number of nitrogens with zero attached hydrogens (tertiary/aromatic N) is 1. The summed E-state index contributed by atoms with van der Waals surface area (Å²) >= 11 is 3.25. The normalized spacial score (nSPS) is 9.40. The standard InChI is InChI=1S/C7H7BrN2/c1-5(9)6-3-2-4-7(8)10-6/h2-4,9H,1H3/p+1. The van der Waals surface area contributed by atoms with Gasteiger partial charge >= 0.3 is 0 Å². The smallest absolute Gasteiger partial charge is 0.195 e. The van der Waals surface area contributed by atoms with E-state index in [0.29, 0.717) is 0 Å². The average Bonchev–Trinajstić information content (AvgIpc) is 1.88. The van der Waals surface area contributed by atoms with Crippen molar-refractivity contribution in [3.63, 3.8) is 0 Å². The van der Waals surface area contributed by atoms with E-state index in [1.165, 1.54) is 0 Å². The van der Waals surface area contributed by atoms with Crippen molar-refractivity contribution in [2.45, 2.75) is 6.92 Å². The number of pyridine rings is 1. The first kappa shape index (κ1) is 7.41. The van der Waals surface area contributed by atoms with E-state index in [2.05, 4.69) is 20.9 Å². The molecule has 0 radical (unpaired) electrons. The molecule has 0 aromatic carbocycles. The van der Waals surface area contributed by atoms with Crippen molar-refractivity contribution in [3.8, 4) is 0 Å². The Morgan fingerprint density at radius 1 is 1.60 bits per heavy atom. The summed E-state index contributed by atoms with van der Waals surface area (Å²) in [7, 11) is 0. The number of halogens is 1. The van der Waals surface area contributed by atoms with E-state index in [0.717, 1.165) is 16.0 Å². The predicted octanol–water partition coefficient (Wildman–Crippen LogP) is 0.412. The van der Waals surface area contributed by atoms with Crippen molar-refractivity contribution >= 4 is 21.6 Å². The number of rotatable bonds is 1. The average molecular weight is 200 g/mol. The molecule has 0 aliphatic carbocycles. The summed E-state index contributed by atoms with van der Waals surface area (Å²) < 4.78 is 0.815. The third-order valence-corrected chi connectivity index (χ3v) is 1.56. The van der Waals surface area contributed by atoms with Gasteiger partial charge in [0, 0.05) is 6.92 Å². The Kier molecular flexibility index (Phi) is 2.17. The fourth-order valence-corrected chi connectivity index (χ4v) is 0.972. The summed E-state index contributed by atoms with van der Waals surface area (Å²) in [6, 6.07) is 5.65. The predicted molar refractivity (Wildman–Crippen MR) is 43.6 cm³/mol. The van der Waals surface area contributed by atoms with Crippen LogP contribution >= 0.6 is 15.9 Å². The fourth-order valence-electron chi connectivity index (χ4n) is 0.628. The van der Waals surface area contributed by atoms with Gasteiger partial charge in [0.25, 0.3) is 0 Å². The summed E-state index contributed by atoms with van der Waals surface area (Å²) in [5, 5.41) is 5.52. The first-order valence-corrected chi connectivity index (χ1v) is 3.71. The van der Waals surface area contributed by atoms with E-state index in [1.54, 1.807) is 0 Å². The lowest BCUT2D eigenvalue weighted by molar-refractivity contribution is -0.113. The molecule has 0 aliphatic heterocycles. The molecule has 0 bridgehead atoms. The third-order valence-electron chi connectivity index (χ3n) is 1.12. The second-order valence-corrected chi connectivity index (χ2v) is 2.84. The van der Waals surface area contributed by atoms with Crippen LogP contribution in [-0.4, -0.2) is 10.7 Å². The van der Waals surface area contributed by atoms with Crippen molar-refractivity contribution in [2.75, 3.05) is 0 Å². The van der Waals surface area contributed by atoms with Crippen LogP contribution in [0.5, 0.6) is 0 Å². The van der Waals surface area contributed by atoms with E-state index >= 15 is 0 Å². The summed E-state index contributed by atoms with van der Waals surface area (Å²) in [4.78, 5) is 4.13. The molecular formula is C7H8BrN2+. The number of hydrogen-bond acceptors (Lipinski definition) is 1. The molecule has 1 aromatic rings. The molecule has 0 unspecified atom stereocenters. The summed E-state index contributed by atoms with van der Waals surface area (Å²) in [6.07, 6.45) is 0. The van der Waals surface area contributed by atoms with Gasteiger partial charge in [-0.3, -0.25) is 5.41 Å². The third kappa shape index (κ3) is 1.64. The molecule has 0 amide bonds. The summed E-state index contributed by atoms with van der Waals surface area (Å²) in [6.45, 7) is 1.83. The van der Waals surface area contributed by atoms with Gasteiger partial charge < -0.3 is 0 Å². The zero-order valence-electron chi connectivity index (χ0n) is 5.63. The molecule has 3 heteroatoms. The molecule has 2 nitrogen and oxygen atoms in total. The number of nitrogens with two attached hydrogens (primary N) is 1. The van der Waals surface area contributed by atoms with Gasteiger partial charge in [-0.1, -0.05) is 6.07 Å². The van der Waals surface area contributed by atoms with Crippen LogP contribution in [0.15, 0.2) is 22.8 Å². The lowest BCUT2D eigenvalue weighted by Crippen LogP contribution is -2.38. The maximum atomic E-state index is 5.52. The molecule has 1 rings (SSSR count). The van der Waals surface area contributed by atoms with Gasteiger partial charge in [-0.2, -0.15) is 0 Å². The molecule has 0 aliphatic rings. The van der Waals surface area contributed by atoms with Crippen LogP contribution in [0.3, 0.4) is 0 Å². The van der Waals surface area contributed by atoms with E-state index in [4.69, 9.17) is 5.41 Å². The molecule has 0 saturated carbocycles. The lowest BCUT2D eigenvalue weighted by Gasteiger charge is -1.91. The largest absolute Gasteiger partial charge is 0.256 e. The topological polar surface area (TPSA) is 38.5 Å². The van der Waals surface area contributed by atoms with Gasteiger partial charge in [-0.05, 0) is 28.1 Å². The van der Waals surface area contributed by atoms with Crippen molar-refractivity contribution in [1.29, 1.82) is 0 Å². The van der Waals surface area contributed by atoms with E-state index < -0.39 is 0 Å². The van der Waals surface area contributed by atoms with Gasteiger partial charge in [-0.25, -0.2) is 4.98 Å². The molecule has 52 valence electrons. The van der Waals surface area contributed by atoms with Crippen LogP contribution in [0.1, 0.15) is 12.6 Å². The van der Waals surface area contributed by atoms with Crippen LogP contribution in [-0.2, 0) is 0 Å². The molecular weight excluding hydrogens is 192 g/mol. The molecule has 0 spiro atoms. The van der Waals surface area contributed by atoms with Gasteiger partial charge in [0.1, 0.15) is 10.3 Å². The van der Waals surface area contributed by atoms with Crippen LogP contribution in [0.4, 0.5) is 0 Å². The maximum absolute atomic E-state index is 5.52. The minimum absolute atomic E-state index is 0.737. The fraction of sp³-hybridized carbons (Fsp3) is 0.143. The second kappa shape index (κ2) is 2.92. The Morgan fingerprint density at radius 3 is 2.70 bits per heavy atom. The van der Waals surface area contributed by atoms with E-state index in [-0.39, 0.29) is 0 Å². The van der Waals surface area contributed by atoms with Crippen LogP contribution in [0, 0.1) is 0 Å². The van der Waals surface area contributed by atoms with Crippen molar-refractivity contribution < 1.29 is 5.41 Å². The first-order valence-electron chi connectivity index (χ1n) is 2.92. The molecule has 0 saturated heterocycles. The Bertz CT molecular complexity index is 258. The van der Waals surface area contributed by atoms with Gasteiger partial charge in [0.2, 0.25) is 0 Å². The lowest BCUT2D eigenvalue weighted by atomic mass is 10.3. The Morgan fingerprint density at radius 2 is 2.30 bits per heavy atom. The van der Waals surface area contributed by atoms with Crippen LogP contribution in [0.25, 0.3) is 0 Å². The highest BCUT2D eigenvalue weighted by Gasteiger charge is 1.99. The summed E-state index contributed by atoms with van der Waals surface area (Å²) in [5.74, 6) is 0.